The SMILES string of the molecule is [Pt+2].c1ccc2cc3c(cc2c1)-c1nc-3c(C23CC4CC(CC(C4)C2)C3)c2[n-]c(c(C34CC5CC(CC(C5)C3)C4)c3nc(c(C45CC6CC(CC(C6)C4)C5)c4[n-]c(c1C15CC6CC(CC(C6)C1)C5)c1cc5ccccc5cc41)-c1cc4ccccc4cc1-3)c1cc3ccccc3cc21. The Bertz CT molecular complexity index is 4740. The van der Waals surface area contributed by atoms with Crippen LogP contribution < -0.4 is 9.97 Å². The van der Waals surface area contributed by atoms with Crippen LogP contribution >= 0.6 is 0 Å². The predicted molar refractivity (Wildman–Crippen MR) is 392 cm³/mol. The number of nitrogens with zero attached hydrogens (tertiary/aromatic N) is 4. The van der Waals surface area contributed by atoms with Gasteiger partial charge in [0.25, 0.3) is 0 Å². The van der Waals surface area contributed by atoms with Crippen LogP contribution in [0.5, 0.6) is 0 Å². The molecule has 482 valence electrons. The molecule has 16 fully saturated rings. The Morgan fingerprint density at radius 1 is 0.237 bits per heavy atom. The molecule has 2 aliphatic heterocycles. The summed E-state index contributed by atoms with van der Waals surface area (Å²) in [5, 5.41) is 16.0. The van der Waals surface area contributed by atoms with Gasteiger partial charge in [0, 0.05) is 22.3 Å². The first-order chi connectivity index (χ1) is 47.2. The van der Waals surface area contributed by atoms with Gasteiger partial charge in [0.2, 0.25) is 0 Å². The number of aromatic nitrogens is 4. The Labute approximate surface area is 583 Å². The minimum atomic E-state index is -0.0628. The Kier molecular flexibility index (Phi) is 11.2. The van der Waals surface area contributed by atoms with E-state index in [0.29, 0.717) is 0 Å². The fraction of sp³-hybridized carbons (Fsp3) is 0.435. The third-order valence-corrected chi connectivity index (χ3v) is 30.6. The molecule has 4 heterocycles. The van der Waals surface area contributed by atoms with Gasteiger partial charge < -0.3 is 9.97 Å². The van der Waals surface area contributed by atoms with Crippen molar-refractivity contribution in [3.63, 3.8) is 0 Å². The number of rotatable bonds is 4. The summed E-state index contributed by atoms with van der Waals surface area (Å²) in [6.45, 7) is 0. The van der Waals surface area contributed by atoms with Crippen molar-refractivity contribution in [2.24, 2.45) is 71.0 Å². The second-order valence-electron chi connectivity index (χ2n) is 36.5. The predicted octanol–water partition coefficient (Wildman–Crippen LogP) is 23.0. The van der Waals surface area contributed by atoms with Crippen molar-refractivity contribution in [2.45, 2.75) is 176 Å². The van der Waals surface area contributed by atoms with E-state index < -0.39 is 0 Å². The monoisotopic (exact) mass is 1440 g/mol. The summed E-state index contributed by atoms with van der Waals surface area (Å²) in [7, 11) is 0. The molecule has 0 unspecified atom stereocenters. The molecule has 0 spiro atoms. The molecule has 0 saturated heterocycles. The maximum Gasteiger partial charge on any atom is 2.00 e. The maximum atomic E-state index is 6.88. The topological polar surface area (TPSA) is 54.0 Å². The number of benzene rings is 8. The second kappa shape index (κ2) is 19.4. The van der Waals surface area contributed by atoms with E-state index in [1.165, 1.54) is 308 Å². The van der Waals surface area contributed by atoms with E-state index in [0.717, 1.165) is 71.0 Å². The van der Waals surface area contributed by atoms with Gasteiger partial charge in [-0.2, -0.15) is 0 Å². The molecule has 5 heteroatoms. The van der Waals surface area contributed by atoms with Crippen molar-refractivity contribution >= 4 is 86.7 Å². The van der Waals surface area contributed by atoms with Gasteiger partial charge in [-0.15, -0.1) is 22.1 Å². The van der Waals surface area contributed by atoms with Gasteiger partial charge in [-0.3, -0.25) is 0 Å². The Morgan fingerprint density at radius 3 is 0.577 bits per heavy atom. The molecular weight excluding hydrogens is 1360 g/mol. The molecule has 17 aliphatic carbocycles. The summed E-state index contributed by atoms with van der Waals surface area (Å²) in [6.07, 6.45) is 31.5. The van der Waals surface area contributed by atoms with Gasteiger partial charge >= 0.3 is 21.1 Å². The van der Waals surface area contributed by atoms with Crippen molar-refractivity contribution in [1.82, 2.24) is 19.9 Å². The molecule has 16 saturated carbocycles. The average Bonchev–Trinajstić information content (AvgIpc) is 1.58. The zero-order valence-electron chi connectivity index (χ0n) is 55.9. The van der Waals surface area contributed by atoms with Gasteiger partial charge in [-0.1, -0.05) is 97.1 Å². The van der Waals surface area contributed by atoms with Crippen LogP contribution in [0, 0.1) is 71.0 Å². The van der Waals surface area contributed by atoms with Crippen molar-refractivity contribution < 1.29 is 21.1 Å². The minimum absolute atomic E-state index is 0. The first-order valence-electron chi connectivity index (χ1n) is 38.7. The van der Waals surface area contributed by atoms with Gasteiger partial charge in [-0.25, -0.2) is 9.97 Å². The van der Waals surface area contributed by atoms with E-state index in [-0.39, 0.29) is 42.7 Å². The van der Waals surface area contributed by atoms with Crippen LogP contribution in [-0.2, 0) is 42.7 Å². The molecule has 29 rings (SSSR count). The van der Waals surface area contributed by atoms with Crippen LogP contribution in [-0.4, -0.2) is 9.97 Å². The Balaban J connectivity index is 0.00000576. The molecule has 10 aromatic rings. The summed E-state index contributed by atoms with van der Waals surface area (Å²) in [5.41, 5.74) is 21.2. The van der Waals surface area contributed by atoms with E-state index >= 15 is 0 Å². The minimum Gasteiger partial charge on any atom is -0.656 e. The van der Waals surface area contributed by atoms with E-state index in [1.54, 1.807) is 0 Å². The van der Waals surface area contributed by atoms with Crippen molar-refractivity contribution in [3.8, 4) is 45.0 Å². The van der Waals surface area contributed by atoms with Crippen LogP contribution in [0.4, 0.5) is 0 Å². The first-order valence-corrected chi connectivity index (χ1v) is 38.7. The molecular formula is C92H84N4Pt. The molecule has 97 heavy (non-hydrogen) atoms. The number of fused-ring (bicyclic) bond motifs is 4. The second-order valence-corrected chi connectivity index (χ2v) is 36.5. The molecule has 24 bridgehead atoms. The number of hydrogen-bond acceptors (Lipinski definition) is 2. The fourth-order valence-electron chi connectivity index (χ4n) is 29.1. The third-order valence-electron chi connectivity index (χ3n) is 30.6. The Hall–Kier alpha value is -6.87. The normalized spacial score (nSPS) is 34.7. The third kappa shape index (κ3) is 7.66. The first kappa shape index (κ1) is 55.9. The standard InChI is InChI=1S/C92H84N4.Pt/c1-2-10-62-30-70-69(29-61(62)9-1)81-77(89-37-49-17-50(38-89)19-51(18-49)39-89)83-71-31-63-11-3-4-12-64(63)32-72(71)85(94-83)79(91-43-55-23-56(44-91)25-57(24-55)45-91)87-75-35-67-15-7-8-16-68(67)36-76(75)88(96-87)80(92-46-58-26-59(47-92)28-60(27-58)48-92)86-74-34-66-14-6-5-13-65(66)33-73(74)84(95-86)78(82(70)93-81)90-40-52-20-53(41-90)22-54(21-52)42-90;/h1-16,29-36,49-60H,17-28,37-48H2;/q-2;+2. The molecule has 0 atom stereocenters. The van der Waals surface area contributed by atoms with Crippen LogP contribution in [0.25, 0.3) is 132 Å². The molecule has 2 aromatic heterocycles. The van der Waals surface area contributed by atoms with Gasteiger partial charge in [0.15, 0.2) is 0 Å². The zero-order chi connectivity index (χ0) is 61.9. The smallest absolute Gasteiger partial charge is 0.656 e. The van der Waals surface area contributed by atoms with Crippen LogP contribution in [0.2, 0.25) is 0 Å². The summed E-state index contributed by atoms with van der Waals surface area (Å²) >= 11 is 0. The fourth-order valence-corrected chi connectivity index (χ4v) is 29.1. The Morgan fingerprint density at radius 2 is 0.402 bits per heavy atom. The summed E-state index contributed by atoms with van der Waals surface area (Å²) in [4.78, 5) is 27.5. The molecule has 19 aliphatic rings. The van der Waals surface area contributed by atoms with Gasteiger partial charge in [0.05, 0.1) is 22.8 Å². The molecule has 4 nitrogen and oxygen atoms in total. The van der Waals surface area contributed by atoms with E-state index in [4.69, 9.17) is 19.9 Å². The largest absolute Gasteiger partial charge is 2.00 e. The van der Waals surface area contributed by atoms with E-state index in [1.807, 2.05) is 0 Å². The summed E-state index contributed by atoms with van der Waals surface area (Å²) in [5.74, 6) is 8.79. The van der Waals surface area contributed by atoms with Gasteiger partial charge in [0.1, 0.15) is 0 Å². The molecule has 0 N–H and O–H groups in total. The van der Waals surface area contributed by atoms with Crippen LogP contribution in [0.1, 0.15) is 176 Å². The molecule has 0 radical (unpaired) electrons. The van der Waals surface area contributed by atoms with Crippen molar-refractivity contribution in [2.75, 3.05) is 0 Å². The van der Waals surface area contributed by atoms with Gasteiger partial charge in [-0.05, 0) is 382 Å². The zero-order valence-corrected chi connectivity index (χ0v) is 58.1. The number of hydrogen-bond donors (Lipinski definition) is 0. The van der Waals surface area contributed by atoms with Crippen LogP contribution in [0.3, 0.4) is 0 Å². The molecule has 8 aromatic carbocycles. The van der Waals surface area contributed by atoms with Crippen LogP contribution in [0.15, 0.2) is 146 Å². The summed E-state index contributed by atoms with van der Waals surface area (Å²) in [6, 6.07) is 58.7. The van der Waals surface area contributed by atoms with E-state index in [9.17, 15) is 0 Å². The maximum absolute atomic E-state index is 6.88. The molecule has 0 amide bonds. The average molecular weight is 1440 g/mol. The quantitative estimate of drug-likeness (QED) is 0.176. The summed E-state index contributed by atoms with van der Waals surface area (Å²) < 4.78 is 0. The van der Waals surface area contributed by atoms with E-state index in [2.05, 4.69) is 146 Å². The van der Waals surface area contributed by atoms with Crippen molar-refractivity contribution in [3.05, 3.63) is 168 Å². The van der Waals surface area contributed by atoms with Crippen molar-refractivity contribution in [1.29, 1.82) is 0 Å².